The molecular formula is C9H18N2O3. The van der Waals surface area contributed by atoms with Crippen LogP contribution in [0.25, 0.3) is 0 Å². The van der Waals surface area contributed by atoms with E-state index in [0.29, 0.717) is 12.8 Å². The molecule has 0 aromatic rings. The van der Waals surface area contributed by atoms with E-state index in [1.54, 1.807) is 6.92 Å². The molecule has 5 N–H and O–H groups in total. The van der Waals surface area contributed by atoms with Crippen molar-refractivity contribution in [1.29, 1.82) is 0 Å². The van der Waals surface area contributed by atoms with E-state index >= 15 is 0 Å². The van der Waals surface area contributed by atoms with Gasteiger partial charge >= 0.3 is 0 Å². The summed E-state index contributed by atoms with van der Waals surface area (Å²) < 4.78 is 0. The lowest BCUT2D eigenvalue weighted by molar-refractivity contribution is -0.132. The van der Waals surface area contributed by atoms with E-state index in [0.717, 1.165) is 6.42 Å². The molecular weight excluding hydrogens is 184 g/mol. The predicted molar refractivity (Wildman–Crippen MR) is 51.5 cm³/mol. The van der Waals surface area contributed by atoms with Crippen molar-refractivity contribution in [1.82, 2.24) is 5.32 Å². The van der Waals surface area contributed by atoms with Crippen LogP contribution >= 0.6 is 0 Å². The normalized spacial score (nSPS) is 20.0. The molecule has 1 rings (SSSR count). The molecule has 0 aliphatic heterocycles. The summed E-state index contributed by atoms with van der Waals surface area (Å²) in [6.07, 6.45) is 2.30. The van der Waals surface area contributed by atoms with Crippen LogP contribution in [0.5, 0.6) is 0 Å². The van der Waals surface area contributed by atoms with Gasteiger partial charge in [0.25, 0.3) is 0 Å². The Morgan fingerprint density at radius 2 is 2.00 bits per heavy atom. The number of hydrogen-bond acceptors (Lipinski definition) is 4. The summed E-state index contributed by atoms with van der Waals surface area (Å²) >= 11 is 0. The number of nitrogens with one attached hydrogen (secondary N) is 1. The maximum Gasteiger partial charge on any atom is 0.240 e. The number of amides is 1. The van der Waals surface area contributed by atoms with Gasteiger partial charge < -0.3 is 21.3 Å². The molecule has 0 unspecified atom stereocenters. The van der Waals surface area contributed by atoms with Gasteiger partial charge in [0, 0.05) is 0 Å². The van der Waals surface area contributed by atoms with Crippen molar-refractivity contribution < 1.29 is 15.0 Å². The lowest BCUT2D eigenvalue weighted by Gasteiger charge is -2.39. The second-order valence-corrected chi connectivity index (χ2v) is 4.34. The summed E-state index contributed by atoms with van der Waals surface area (Å²) in [4.78, 5) is 11.6. The number of carbonyl (C=O) groups excluding carboxylic acids is 1. The Hall–Kier alpha value is -0.650. The summed E-state index contributed by atoms with van der Waals surface area (Å²) in [5, 5.41) is 20.5. The van der Waals surface area contributed by atoms with Crippen molar-refractivity contribution in [3.05, 3.63) is 0 Å². The molecule has 0 radical (unpaired) electrons. The molecule has 5 heteroatoms. The zero-order valence-electron chi connectivity index (χ0n) is 8.42. The maximum atomic E-state index is 11.6. The molecule has 0 heterocycles. The van der Waals surface area contributed by atoms with E-state index in [-0.39, 0.29) is 19.1 Å². The summed E-state index contributed by atoms with van der Waals surface area (Å²) in [6, 6.07) is 0. The van der Waals surface area contributed by atoms with Crippen molar-refractivity contribution in [2.45, 2.75) is 37.3 Å². The molecule has 0 atom stereocenters. The van der Waals surface area contributed by atoms with Gasteiger partial charge in [0.05, 0.1) is 24.3 Å². The van der Waals surface area contributed by atoms with Crippen LogP contribution in [0.3, 0.4) is 0 Å². The van der Waals surface area contributed by atoms with Gasteiger partial charge in [-0.3, -0.25) is 4.79 Å². The lowest BCUT2D eigenvalue weighted by Crippen LogP contribution is -2.64. The molecule has 1 amide bonds. The minimum absolute atomic E-state index is 0.283. The molecule has 0 spiro atoms. The summed E-state index contributed by atoms with van der Waals surface area (Å²) in [5.74, 6) is -0.283. The highest BCUT2D eigenvalue weighted by Gasteiger charge is 2.42. The SMILES string of the molecule is CC(CO)(CO)NC(=O)C1(N)CCC1. The van der Waals surface area contributed by atoms with Crippen molar-refractivity contribution in [3.8, 4) is 0 Å². The fraction of sp³-hybridized carbons (Fsp3) is 0.889. The first kappa shape index (κ1) is 11.4. The molecule has 0 aromatic heterocycles. The zero-order valence-corrected chi connectivity index (χ0v) is 8.42. The van der Waals surface area contributed by atoms with Crippen molar-refractivity contribution in [2.24, 2.45) is 5.73 Å². The highest BCUT2D eigenvalue weighted by molar-refractivity contribution is 5.87. The average Bonchev–Trinajstić information content (AvgIpc) is 2.13. The van der Waals surface area contributed by atoms with Gasteiger partial charge in [-0.1, -0.05) is 0 Å². The number of hydrogen-bond donors (Lipinski definition) is 4. The topological polar surface area (TPSA) is 95.6 Å². The molecule has 5 nitrogen and oxygen atoms in total. The molecule has 0 aromatic carbocycles. The third kappa shape index (κ3) is 2.05. The third-order valence-corrected chi connectivity index (χ3v) is 2.81. The molecule has 1 aliphatic rings. The van der Waals surface area contributed by atoms with Gasteiger partial charge in [0.2, 0.25) is 5.91 Å². The minimum Gasteiger partial charge on any atom is -0.394 e. The second-order valence-electron chi connectivity index (χ2n) is 4.34. The first-order chi connectivity index (χ1) is 6.46. The fourth-order valence-corrected chi connectivity index (χ4v) is 1.31. The number of aliphatic hydroxyl groups excluding tert-OH is 2. The van der Waals surface area contributed by atoms with E-state index in [2.05, 4.69) is 5.32 Å². The molecule has 14 heavy (non-hydrogen) atoms. The van der Waals surface area contributed by atoms with E-state index in [4.69, 9.17) is 15.9 Å². The second kappa shape index (κ2) is 3.84. The van der Waals surface area contributed by atoms with Crippen LogP contribution in [0.2, 0.25) is 0 Å². The molecule has 1 aliphatic carbocycles. The van der Waals surface area contributed by atoms with Gasteiger partial charge in [0.1, 0.15) is 0 Å². The third-order valence-electron chi connectivity index (χ3n) is 2.81. The van der Waals surface area contributed by atoms with Crippen LogP contribution in [0.15, 0.2) is 0 Å². The van der Waals surface area contributed by atoms with Crippen LogP contribution < -0.4 is 11.1 Å². The van der Waals surface area contributed by atoms with Crippen LogP contribution in [-0.4, -0.2) is 40.4 Å². The van der Waals surface area contributed by atoms with Crippen molar-refractivity contribution in [2.75, 3.05) is 13.2 Å². The Bertz CT molecular complexity index is 222. The molecule has 0 saturated heterocycles. The highest BCUT2D eigenvalue weighted by Crippen LogP contribution is 2.29. The number of rotatable bonds is 4. The quantitative estimate of drug-likeness (QED) is 0.457. The Kier molecular flexibility index (Phi) is 3.14. The molecule has 1 fully saturated rings. The highest BCUT2D eigenvalue weighted by atomic mass is 16.3. The van der Waals surface area contributed by atoms with E-state index in [1.165, 1.54) is 0 Å². The van der Waals surface area contributed by atoms with Crippen LogP contribution in [-0.2, 0) is 4.79 Å². The Morgan fingerprint density at radius 1 is 1.50 bits per heavy atom. The van der Waals surface area contributed by atoms with Gasteiger partial charge in [-0.05, 0) is 26.2 Å². The largest absolute Gasteiger partial charge is 0.394 e. The Labute approximate surface area is 83.3 Å². The standard InChI is InChI=1S/C9H18N2O3/c1-8(5-12,6-13)11-7(14)9(10)3-2-4-9/h12-13H,2-6,10H2,1H3,(H,11,14). The summed E-state index contributed by atoms with van der Waals surface area (Å²) in [5.41, 5.74) is 4.03. The van der Waals surface area contributed by atoms with Gasteiger partial charge in [-0.15, -0.1) is 0 Å². The Morgan fingerprint density at radius 3 is 2.29 bits per heavy atom. The van der Waals surface area contributed by atoms with Crippen LogP contribution in [0.1, 0.15) is 26.2 Å². The first-order valence-electron chi connectivity index (χ1n) is 4.79. The fourth-order valence-electron chi connectivity index (χ4n) is 1.31. The van der Waals surface area contributed by atoms with Gasteiger partial charge in [-0.25, -0.2) is 0 Å². The van der Waals surface area contributed by atoms with E-state index in [9.17, 15) is 4.79 Å². The van der Waals surface area contributed by atoms with E-state index < -0.39 is 11.1 Å². The molecule has 82 valence electrons. The van der Waals surface area contributed by atoms with Crippen molar-refractivity contribution >= 4 is 5.91 Å². The predicted octanol–water partition coefficient (Wildman–Crippen LogP) is -1.27. The smallest absolute Gasteiger partial charge is 0.240 e. The summed E-state index contributed by atoms with van der Waals surface area (Å²) in [6.45, 7) is 0.976. The van der Waals surface area contributed by atoms with Crippen LogP contribution in [0.4, 0.5) is 0 Å². The number of carbonyl (C=O) groups is 1. The minimum atomic E-state index is -0.973. The first-order valence-corrected chi connectivity index (χ1v) is 4.79. The maximum absolute atomic E-state index is 11.6. The zero-order chi connectivity index (χ0) is 10.8. The van der Waals surface area contributed by atoms with Crippen molar-refractivity contribution in [3.63, 3.8) is 0 Å². The Balaban J connectivity index is 2.55. The average molecular weight is 202 g/mol. The molecule has 0 bridgehead atoms. The molecule has 1 saturated carbocycles. The number of aliphatic hydroxyl groups is 2. The number of nitrogens with two attached hydrogens (primary N) is 1. The van der Waals surface area contributed by atoms with Crippen LogP contribution in [0, 0.1) is 0 Å². The monoisotopic (exact) mass is 202 g/mol. The lowest BCUT2D eigenvalue weighted by atomic mass is 9.76. The summed E-state index contributed by atoms with van der Waals surface area (Å²) in [7, 11) is 0. The van der Waals surface area contributed by atoms with Gasteiger partial charge in [0.15, 0.2) is 0 Å². The van der Waals surface area contributed by atoms with Gasteiger partial charge in [-0.2, -0.15) is 0 Å². The van der Waals surface area contributed by atoms with E-state index in [1.807, 2.05) is 0 Å².